The van der Waals surface area contributed by atoms with Crippen molar-refractivity contribution in [2.75, 3.05) is 39.6 Å². The molecule has 0 aliphatic carbocycles. The van der Waals surface area contributed by atoms with Gasteiger partial charge in [-0.1, -0.05) is 428 Å². The lowest BCUT2D eigenvalue weighted by atomic mass is 9.99. The maximum Gasteiger partial charge on any atom is 0.472 e. The van der Waals surface area contributed by atoms with Gasteiger partial charge in [-0.2, -0.15) is 0 Å². The van der Waals surface area contributed by atoms with Gasteiger partial charge in [-0.05, 0) is 49.4 Å². The van der Waals surface area contributed by atoms with Crippen molar-refractivity contribution >= 4 is 39.5 Å². The summed E-state index contributed by atoms with van der Waals surface area (Å²) in [5.74, 6) is 1.09. The summed E-state index contributed by atoms with van der Waals surface area (Å²) in [5, 5.41) is 10.7. The summed E-state index contributed by atoms with van der Waals surface area (Å²) in [7, 11) is -9.94. The van der Waals surface area contributed by atoms with E-state index >= 15 is 0 Å². The smallest absolute Gasteiger partial charge is 0.462 e. The quantitative estimate of drug-likeness (QED) is 0.0222. The van der Waals surface area contributed by atoms with Crippen LogP contribution >= 0.6 is 15.6 Å². The summed E-state index contributed by atoms with van der Waals surface area (Å²) in [6, 6.07) is 0. The number of phosphoric ester groups is 2. The Balaban J connectivity index is 5.21. The number of hydrogen-bond acceptors (Lipinski definition) is 15. The van der Waals surface area contributed by atoms with E-state index in [9.17, 15) is 43.2 Å². The van der Waals surface area contributed by atoms with Gasteiger partial charge in [0.1, 0.15) is 19.3 Å². The van der Waals surface area contributed by atoms with Crippen LogP contribution in [0.2, 0.25) is 0 Å². The van der Waals surface area contributed by atoms with Crippen molar-refractivity contribution in [3.63, 3.8) is 0 Å². The highest BCUT2D eigenvalue weighted by Gasteiger charge is 2.31. The minimum absolute atomic E-state index is 0.107. The molecule has 0 fully saturated rings. The molecule has 3 N–H and O–H groups in total. The zero-order chi connectivity index (χ0) is 80.9. The van der Waals surface area contributed by atoms with Crippen molar-refractivity contribution < 1.29 is 80.2 Å². The van der Waals surface area contributed by atoms with Crippen LogP contribution in [0.15, 0.2) is 0 Å². The Hall–Kier alpha value is -1.94. The number of esters is 4. The molecule has 110 heavy (non-hydrogen) atoms. The van der Waals surface area contributed by atoms with Gasteiger partial charge in [-0.25, -0.2) is 9.13 Å². The molecule has 0 saturated carbocycles. The van der Waals surface area contributed by atoms with Crippen LogP contribution in [0.3, 0.4) is 0 Å². The van der Waals surface area contributed by atoms with Gasteiger partial charge in [-0.15, -0.1) is 0 Å². The van der Waals surface area contributed by atoms with Gasteiger partial charge in [-0.3, -0.25) is 37.3 Å². The highest BCUT2D eigenvalue weighted by Crippen LogP contribution is 2.45. The van der Waals surface area contributed by atoms with Gasteiger partial charge in [0.2, 0.25) is 0 Å². The van der Waals surface area contributed by atoms with Crippen LogP contribution in [-0.4, -0.2) is 96.7 Å². The van der Waals surface area contributed by atoms with Gasteiger partial charge in [0, 0.05) is 25.7 Å². The fraction of sp³-hybridized carbons (Fsp3) is 0.956. The summed E-state index contributed by atoms with van der Waals surface area (Å²) in [6.07, 6.45) is 71.0. The second-order valence-corrected chi connectivity index (χ2v) is 37.3. The monoisotopic (exact) mass is 1610 g/mol. The minimum atomic E-state index is -4.97. The summed E-state index contributed by atoms with van der Waals surface area (Å²) in [6.45, 7) is 14.4. The topological polar surface area (TPSA) is 237 Å². The number of carbonyl (C=O) groups excluding carboxylic acids is 4. The standard InChI is InChI=1S/C91H178O17P2/c1-9-84(8)70-62-54-46-38-32-26-19-15-11-13-17-21-29-35-41-49-57-65-73-90(95)107-86(77-101-88(93)71-63-55-47-39-33-27-23-22-25-31-37-44-52-60-68-82(4)5)79-105-109(97,98)103-75-85(92)76-104-110(99,100)106-80-87(78-102-89(94)72-64-56-50-42-45-53-61-69-83(6)7)108-91(96)74-66-58-48-40-34-28-20-16-12-10-14-18-24-30-36-43-51-59-67-81(2)3/h81-87,92H,9-80H2,1-8H3,(H,97,98)(H,99,100)/t84?,85?,86-,87-/m1/s1. The Kier molecular flexibility index (Phi) is 78.1. The van der Waals surface area contributed by atoms with Crippen LogP contribution in [0.5, 0.6) is 0 Å². The molecule has 0 radical (unpaired) electrons. The number of phosphoric acid groups is 2. The lowest BCUT2D eigenvalue weighted by molar-refractivity contribution is -0.161. The van der Waals surface area contributed by atoms with E-state index < -0.39 is 97.5 Å². The number of unbranched alkanes of at least 4 members (excludes halogenated alkanes) is 53. The van der Waals surface area contributed by atoms with Gasteiger partial charge in [0.05, 0.1) is 26.4 Å². The molecule has 17 nitrogen and oxygen atoms in total. The molecule has 0 spiro atoms. The van der Waals surface area contributed by atoms with E-state index in [1.165, 1.54) is 276 Å². The van der Waals surface area contributed by atoms with E-state index in [0.717, 1.165) is 114 Å². The highest BCUT2D eigenvalue weighted by atomic mass is 31.2. The molecule has 0 aliphatic rings. The molecule has 0 amide bonds. The zero-order valence-electron chi connectivity index (χ0n) is 72.9. The molecule has 0 aliphatic heterocycles. The molecule has 0 aromatic heterocycles. The molecule has 0 rings (SSSR count). The van der Waals surface area contributed by atoms with E-state index in [2.05, 4.69) is 55.4 Å². The Bertz CT molecular complexity index is 2130. The van der Waals surface area contributed by atoms with Gasteiger partial charge in [0.25, 0.3) is 0 Å². The second kappa shape index (κ2) is 79.5. The normalized spacial score (nSPS) is 14.1. The molecule has 0 bridgehead atoms. The fourth-order valence-corrected chi connectivity index (χ4v) is 15.7. The van der Waals surface area contributed by atoms with Gasteiger partial charge < -0.3 is 33.8 Å². The van der Waals surface area contributed by atoms with Crippen LogP contribution in [0, 0.1) is 23.7 Å². The van der Waals surface area contributed by atoms with E-state index in [4.69, 9.17) is 37.0 Å². The van der Waals surface area contributed by atoms with Crippen molar-refractivity contribution in [1.82, 2.24) is 0 Å². The number of carbonyl (C=O) groups is 4. The van der Waals surface area contributed by atoms with Crippen LogP contribution in [0.4, 0.5) is 0 Å². The molecular formula is C91H178O17P2. The first-order valence-corrected chi connectivity index (χ1v) is 49.7. The van der Waals surface area contributed by atoms with Crippen molar-refractivity contribution in [3.05, 3.63) is 0 Å². The molecule has 0 aromatic carbocycles. The summed E-state index contributed by atoms with van der Waals surface area (Å²) < 4.78 is 69.0. The predicted molar refractivity (Wildman–Crippen MR) is 455 cm³/mol. The summed E-state index contributed by atoms with van der Waals surface area (Å²) in [4.78, 5) is 73.4. The zero-order valence-corrected chi connectivity index (χ0v) is 74.7. The third kappa shape index (κ3) is 82.6. The molecule has 654 valence electrons. The van der Waals surface area contributed by atoms with E-state index in [1.54, 1.807) is 0 Å². The third-order valence-corrected chi connectivity index (χ3v) is 23.6. The van der Waals surface area contributed by atoms with Crippen LogP contribution in [0.25, 0.3) is 0 Å². The molecule has 19 heteroatoms. The van der Waals surface area contributed by atoms with Crippen LogP contribution < -0.4 is 0 Å². The Morgan fingerprint density at radius 1 is 0.255 bits per heavy atom. The van der Waals surface area contributed by atoms with Crippen LogP contribution in [0.1, 0.15) is 479 Å². The molecule has 0 aromatic rings. The largest absolute Gasteiger partial charge is 0.472 e. The molecular weight excluding hydrogens is 1430 g/mol. The summed E-state index contributed by atoms with van der Waals surface area (Å²) in [5.41, 5.74) is 0. The van der Waals surface area contributed by atoms with E-state index in [1.807, 2.05) is 0 Å². The number of aliphatic hydroxyl groups is 1. The number of ether oxygens (including phenoxy) is 4. The van der Waals surface area contributed by atoms with Crippen molar-refractivity contribution in [3.8, 4) is 0 Å². The van der Waals surface area contributed by atoms with E-state index in [-0.39, 0.29) is 25.7 Å². The average Bonchev–Trinajstić information content (AvgIpc) is 0.899. The van der Waals surface area contributed by atoms with Gasteiger partial charge >= 0.3 is 39.5 Å². The molecule has 0 saturated heterocycles. The fourth-order valence-electron chi connectivity index (χ4n) is 14.2. The van der Waals surface area contributed by atoms with Crippen LogP contribution in [-0.2, 0) is 65.4 Å². The lowest BCUT2D eigenvalue weighted by Gasteiger charge is -2.21. The number of hydrogen-bond donors (Lipinski definition) is 3. The molecule has 6 atom stereocenters. The Morgan fingerprint density at radius 2 is 0.436 bits per heavy atom. The minimum Gasteiger partial charge on any atom is -0.462 e. The van der Waals surface area contributed by atoms with E-state index in [0.29, 0.717) is 31.6 Å². The molecule has 4 unspecified atom stereocenters. The average molecular weight is 1610 g/mol. The number of rotatable bonds is 88. The maximum atomic E-state index is 13.2. The summed E-state index contributed by atoms with van der Waals surface area (Å²) >= 11 is 0. The lowest BCUT2D eigenvalue weighted by Crippen LogP contribution is -2.30. The van der Waals surface area contributed by atoms with Crippen molar-refractivity contribution in [1.29, 1.82) is 0 Å². The highest BCUT2D eigenvalue weighted by molar-refractivity contribution is 7.47. The predicted octanol–water partition coefficient (Wildman–Crippen LogP) is 27.9. The Morgan fingerprint density at radius 3 is 0.645 bits per heavy atom. The van der Waals surface area contributed by atoms with Crippen molar-refractivity contribution in [2.24, 2.45) is 23.7 Å². The number of aliphatic hydroxyl groups excluding tert-OH is 1. The first kappa shape index (κ1) is 108. The first-order chi connectivity index (χ1) is 53.1. The Labute approximate surface area is 677 Å². The second-order valence-electron chi connectivity index (χ2n) is 34.4. The SMILES string of the molecule is CCC(C)CCCCCCCCCCCCCCCCCCCCC(=O)O[C@H](COC(=O)CCCCCCCCCCCCCCCCC(C)C)COP(=O)(O)OCC(O)COP(=O)(O)OC[C@@H](COC(=O)CCCCCCCCCC(C)C)OC(=O)CCCCCCCCCCCCCCCCCCCCC(C)C. The third-order valence-electron chi connectivity index (χ3n) is 21.7. The molecule has 0 heterocycles. The van der Waals surface area contributed by atoms with Gasteiger partial charge in [0.15, 0.2) is 12.2 Å². The van der Waals surface area contributed by atoms with Crippen molar-refractivity contribution in [2.45, 2.75) is 497 Å². The maximum absolute atomic E-state index is 13.2. The first-order valence-electron chi connectivity index (χ1n) is 46.7.